The molecule has 0 fully saturated rings. The number of ether oxygens (including phenoxy) is 1. The van der Waals surface area contributed by atoms with E-state index in [-0.39, 0.29) is 22.5 Å². The van der Waals surface area contributed by atoms with Crippen molar-refractivity contribution >= 4 is 29.1 Å². The van der Waals surface area contributed by atoms with E-state index in [2.05, 4.69) is 14.9 Å². The number of carbonyl (C=O) groups excluding carboxylic acids is 1. The summed E-state index contributed by atoms with van der Waals surface area (Å²) in [4.78, 5) is 12.2. The molecule has 0 atom stereocenters. The minimum absolute atomic E-state index is 0.00716. The summed E-state index contributed by atoms with van der Waals surface area (Å²) in [6, 6.07) is 12.4. The Morgan fingerprint density at radius 1 is 1.19 bits per heavy atom. The molecular formula is C17H11ClF2N2O3S. The van der Waals surface area contributed by atoms with E-state index in [1.165, 1.54) is 24.3 Å². The van der Waals surface area contributed by atoms with Gasteiger partial charge in [0, 0.05) is 16.1 Å². The average molecular weight is 397 g/mol. The third-order valence-corrected chi connectivity index (χ3v) is 4.26. The summed E-state index contributed by atoms with van der Waals surface area (Å²) >= 11 is 7.00. The van der Waals surface area contributed by atoms with Crippen molar-refractivity contribution in [1.29, 1.82) is 0 Å². The highest BCUT2D eigenvalue weighted by Gasteiger charge is 2.13. The highest BCUT2D eigenvalue weighted by Crippen LogP contribution is 2.25. The van der Waals surface area contributed by atoms with E-state index in [0.29, 0.717) is 22.0 Å². The molecule has 26 heavy (non-hydrogen) atoms. The molecule has 0 unspecified atom stereocenters. The largest absolute Gasteiger partial charge is 0.435 e. The van der Waals surface area contributed by atoms with Crippen molar-refractivity contribution in [3.63, 3.8) is 0 Å². The molecule has 0 bridgehead atoms. The summed E-state index contributed by atoms with van der Waals surface area (Å²) in [6.45, 7) is -2.90. The monoisotopic (exact) mass is 396 g/mol. The number of thioether (sulfide) groups is 1. The van der Waals surface area contributed by atoms with Crippen LogP contribution >= 0.6 is 23.4 Å². The summed E-state index contributed by atoms with van der Waals surface area (Å²) in [5.74, 6) is 0.149. The molecule has 0 amide bonds. The van der Waals surface area contributed by atoms with Crippen LogP contribution in [0.4, 0.5) is 8.78 Å². The van der Waals surface area contributed by atoms with E-state index in [4.69, 9.17) is 16.0 Å². The lowest BCUT2D eigenvalue weighted by atomic mass is 10.1. The second kappa shape index (κ2) is 8.29. The maximum absolute atomic E-state index is 12.2. The standard InChI is InChI=1S/C17H11ClF2N2O3S/c18-12-3-1-2-11(8-12)15-21-22-17(25-15)26-9-14(23)10-4-6-13(7-5-10)24-16(19)20/h1-8,16H,9H2. The van der Waals surface area contributed by atoms with Crippen molar-refractivity contribution in [2.24, 2.45) is 0 Å². The van der Waals surface area contributed by atoms with E-state index >= 15 is 0 Å². The van der Waals surface area contributed by atoms with Crippen LogP contribution in [-0.2, 0) is 0 Å². The lowest BCUT2D eigenvalue weighted by Crippen LogP contribution is -2.04. The number of rotatable bonds is 7. The molecule has 0 N–H and O–H groups in total. The van der Waals surface area contributed by atoms with Crippen LogP contribution in [0.25, 0.3) is 11.5 Å². The van der Waals surface area contributed by atoms with Crippen LogP contribution in [0.1, 0.15) is 10.4 Å². The van der Waals surface area contributed by atoms with Gasteiger partial charge in [-0.1, -0.05) is 29.4 Å². The number of nitrogens with zero attached hydrogens (tertiary/aromatic N) is 2. The molecule has 3 rings (SSSR count). The number of alkyl halides is 2. The molecule has 134 valence electrons. The van der Waals surface area contributed by atoms with E-state index in [9.17, 15) is 13.6 Å². The number of halogens is 3. The van der Waals surface area contributed by atoms with Gasteiger partial charge in [-0.05, 0) is 42.5 Å². The maximum Gasteiger partial charge on any atom is 0.387 e. The lowest BCUT2D eigenvalue weighted by molar-refractivity contribution is -0.0498. The molecule has 1 heterocycles. The van der Waals surface area contributed by atoms with Crippen LogP contribution in [0.3, 0.4) is 0 Å². The van der Waals surface area contributed by atoms with Crippen LogP contribution in [-0.4, -0.2) is 28.3 Å². The Labute approximate surface area is 156 Å². The first-order valence-corrected chi connectivity index (χ1v) is 8.68. The Morgan fingerprint density at radius 3 is 2.65 bits per heavy atom. The highest BCUT2D eigenvalue weighted by molar-refractivity contribution is 7.99. The zero-order chi connectivity index (χ0) is 18.5. The molecule has 3 aromatic rings. The molecular weight excluding hydrogens is 386 g/mol. The van der Waals surface area contributed by atoms with Crippen molar-refractivity contribution in [2.75, 3.05) is 5.75 Å². The molecule has 0 saturated carbocycles. The topological polar surface area (TPSA) is 65.2 Å². The van der Waals surface area contributed by atoms with Crippen molar-refractivity contribution in [3.05, 3.63) is 59.1 Å². The van der Waals surface area contributed by atoms with Gasteiger partial charge in [0.1, 0.15) is 5.75 Å². The zero-order valence-corrected chi connectivity index (χ0v) is 14.6. The van der Waals surface area contributed by atoms with Gasteiger partial charge in [0.25, 0.3) is 5.22 Å². The smallest absolute Gasteiger partial charge is 0.387 e. The van der Waals surface area contributed by atoms with Gasteiger partial charge in [0.2, 0.25) is 5.89 Å². The fourth-order valence-electron chi connectivity index (χ4n) is 2.04. The third-order valence-electron chi connectivity index (χ3n) is 3.21. The normalized spacial score (nSPS) is 10.9. The van der Waals surface area contributed by atoms with Gasteiger partial charge in [-0.3, -0.25) is 4.79 Å². The predicted octanol–water partition coefficient (Wildman–Crippen LogP) is 4.97. The molecule has 0 saturated heterocycles. The molecule has 5 nitrogen and oxygen atoms in total. The maximum atomic E-state index is 12.2. The lowest BCUT2D eigenvalue weighted by Gasteiger charge is -2.04. The molecule has 0 aliphatic heterocycles. The summed E-state index contributed by atoms with van der Waals surface area (Å²) in [5.41, 5.74) is 1.05. The Morgan fingerprint density at radius 2 is 1.96 bits per heavy atom. The number of benzene rings is 2. The Kier molecular flexibility index (Phi) is 5.85. The molecule has 0 aliphatic rings. The molecule has 0 aliphatic carbocycles. The van der Waals surface area contributed by atoms with Crippen LogP contribution in [0.2, 0.25) is 5.02 Å². The van der Waals surface area contributed by atoms with Crippen molar-refractivity contribution in [1.82, 2.24) is 10.2 Å². The second-order valence-corrected chi connectivity index (χ2v) is 6.36. The van der Waals surface area contributed by atoms with Gasteiger partial charge in [-0.2, -0.15) is 8.78 Å². The number of aromatic nitrogens is 2. The van der Waals surface area contributed by atoms with Gasteiger partial charge in [0.15, 0.2) is 5.78 Å². The van der Waals surface area contributed by atoms with Gasteiger partial charge in [-0.25, -0.2) is 0 Å². The summed E-state index contributed by atoms with van der Waals surface area (Å²) in [7, 11) is 0. The Balaban J connectivity index is 1.59. The highest BCUT2D eigenvalue weighted by atomic mass is 35.5. The minimum Gasteiger partial charge on any atom is -0.435 e. The number of ketones is 1. The Hall–Kier alpha value is -2.45. The van der Waals surface area contributed by atoms with Crippen LogP contribution in [0.15, 0.2) is 58.2 Å². The van der Waals surface area contributed by atoms with E-state index < -0.39 is 6.61 Å². The van der Waals surface area contributed by atoms with Crippen molar-refractivity contribution in [2.45, 2.75) is 11.8 Å². The predicted molar refractivity (Wildman–Crippen MR) is 92.9 cm³/mol. The van der Waals surface area contributed by atoms with E-state index in [0.717, 1.165) is 11.8 Å². The Bertz CT molecular complexity index is 903. The first-order chi connectivity index (χ1) is 12.5. The fourth-order valence-corrected chi connectivity index (χ4v) is 2.89. The van der Waals surface area contributed by atoms with Crippen molar-refractivity contribution < 1.29 is 22.7 Å². The van der Waals surface area contributed by atoms with E-state index in [1.807, 2.05) is 0 Å². The first-order valence-electron chi connectivity index (χ1n) is 7.31. The molecule has 9 heteroatoms. The number of carbonyl (C=O) groups is 1. The van der Waals surface area contributed by atoms with Crippen molar-refractivity contribution in [3.8, 4) is 17.2 Å². The van der Waals surface area contributed by atoms with E-state index in [1.54, 1.807) is 24.3 Å². The summed E-state index contributed by atoms with van der Waals surface area (Å²) in [5, 5.41) is 8.59. The quantitative estimate of drug-likeness (QED) is 0.415. The molecule has 1 aromatic heterocycles. The van der Waals surface area contributed by atoms with Gasteiger partial charge >= 0.3 is 6.61 Å². The van der Waals surface area contributed by atoms with Crippen LogP contribution in [0.5, 0.6) is 5.75 Å². The average Bonchev–Trinajstić information content (AvgIpc) is 3.09. The SMILES string of the molecule is O=C(CSc1nnc(-c2cccc(Cl)c2)o1)c1ccc(OC(F)F)cc1. The minimum atomic E-state index is -2.90. The number of Topliss-reactive ketones (excluding diaryl/α,β-unsaturated/α-hetero) is 1. The van der Waals surface area contributed by atoms with Gasteiger partial charge < -0.3 is 9.15 Å². The van der Waals surface area contributed by atoms with Crippen LogP contribution < -0.4 is 4.74 Å². The number of hydrogen-bond donors (Lipinski definition) is 0. The molecule has 0 spiro atoms. The summed E-state index contributed by atoms with van der Waals surface area (Å²) < 4.78 is 34.0. The zero-order valence-electron chi connectivity index (χ0n) is 13.1. The third kappa shape index (κ3) is 4.80. The second-order valence-electron chi connectivity index (χ2n) is 5.00. The molecule has 2 aromatic carbocycles. The first kappa shape index (κ1) is 18.3. The summed E-state index contributed by atoms with van der Waals surface area (Å²) in [6.07, 6.45) is 0. The fraction of sp³-hybridized carbons (Fsp3) is 0.118. The van der Waals surface area contributed by atoms with Gasteiger partial charge in [-0.15, -0.1) is 10.2 Å². The molecule has 0 radical (unpaired) electrons. The number of hydrogen-bond acceptors (Lipinski definition) is 6. The van der Waals surface area contributed by atoms with Gasteiger partial charge in [0.05, 0.1) is 5.75 Å². The van der Waals surface area contributed by atoms with Crippen LogP contribution in [0, 0.1) is 0 Å².